The fraction of sp³-hybridized carbons (Fsp3) is 0.407. The molecule has 0 radical (unpaired) electrons. The van der Waals surface area contributed by atoms with Crippen molar-refractivity contribution in [1.29, 1.82) is 0 Å². The van der Waals surface area contributed by atoms with Crippen molar-refractivity contribution >= 4 is 27.6 Å². The second-order valence-electron chi connectivity index (χ2n) is 8.87. The molecule has 0 fully saturated rings. The molecule has 3 rings (SSSR count). The van der Waals surface area contributed by atoms with Crippen LogP contribution in [0, 0.1) is 0 Å². The Bertz CT molecular complexity index is 1320. The highest BCUT2D eigenvalue weighted by Crippen LogP contribution is 2.24. The molecule has 3 aromatic rings. The molecule has 1 atom stereocenters. The first-order chi connectivity index (χ1) is 18.2. The van der Waals surface area contributed by atoms with Crippen LogP contribution in [-0.4, -0.2) is 60.7 Å². The maximum Gasteiger partial charge on any atom is 0.324 e. The zero-order valence-corrected chi connectivity index (χ0v) is 23.6. The summed E-state index contributed by atoms with van der Waals surface area (Å²) in [5.41, 5.74) is 2.10. The molecule has 1 aromatic heterocycles. The number of nitrogens with zero attached hydrogens (tertiary/aromatic N) is 3. The molecule has 0 bridgehead atoms. The fourth-order valence-electron chi connectivity index (χ4n) is 4.13. The second-order valence-corrected chi connectivity index (χ2v) is 11.2. The van der Waals surface area contributed by atoms with Gasteiger partial charge in [0.15, 0.2) is 5.15 Å². The van der Waals surface area contributed by atoms with Gasteiger partial charge in [0.25, 0.3) is 0 Å². The number of esters is 1. The number of rotatable bonds is 13. The maximum absolute atomic E-state index is 13.5. The van der Waals surface area contributed by atoms with Gasteiger partial charge in [-0.05, 0) is 48.2 Å². The molecule has 38 heavy (non-hydrogen) atoms. The molecule has 1 heterocycles. The summed E-state index contributed by atoms with van der Waals surface area (Å²) in [7, 11) is 0.141. The van der Waals surface area contributed by atoms with E-state index in [4.69, 9.17) is 21.1 Å². The lowest BCUT2D eigenvalue weighted by atomic mass is 10.1. The molecular formula is C27H34ClN3O6S. The normalized spacial score (nSPS) is 12.5. The Morgan fingerprint density at radius 1 is 1.11 bits per heavy atom. The molecule has 206 valence electrons. The summed E-state index contributed by atoms with van der Waals surface area (Å²) in [6, 6.07) is 12.4. The largest absolute Gasteiger partial charge is 0.497 e. The summed E-state index contributed by atoms with van der Waals surface area (Å²) in [4.78, 5) is 17.0. The number of imidazole rings is 1. The zero-order valence-electron chi connectivity index (χ0n) is 22.1. The van der Waals surface area contributed by atoms with E-state index in [2.05, 4.69) is 11.9 Å². The zero-order chi connectivity index (χ0) is 27.9. The van der Waals surface area contributed by atoms with Crippen LogP contribution in [0.15, 0.2) is 53.4 Å². The average Bonchev–Trinajstić information content (AvgIpc) is 3.23. The van der Waals surface area contributed by atoms with Gasteiger partial charge in [-0.3, -0.25) is 4.79 Å². The van der Waals surface area contributed by atoms with Gasteiger partial charge >= 0.3 is 5.97 Å². The minimum absolute atomic E-state index is 0.0460. The van der Waals surface area contributed by atoms with Crippen molar-refractivity contribution in [3.8, 4) is 5.75 Å². The van der Waals surface area contributed by atoms with E-state index in [1.54, 1.807) is 43.5 Å². The van der Waals surface area contributed by atoms with Crippen molar-refractivity contribution < 1.29 is 27.8 Å². The van der Waals surface area contributed by atoms with Gasteiger partial charge in [0.2, 0.25) is 10.0 Å². The number of aryl methyl sites for hydroxylation is 1. The average molecular weight is 564 g/mol. The third kappa shape index (κ3) is 6.74. The van der Waals surface area contributed by atoms with Crippen molar-refractivity contribution in [2.45, 2.75) is 56.7 Å². The molecule has 0 spiro atoms. The summed E-state index contributed by atoms with van der Waals surface area (Å²) < 4.78 is 39.9. The number of hydrogen-bond acceptors (Lipinski definition) is 7. The van der Waals surface area contributed by atoms with E-state index < -0.39 is 22.0 Å². The molecule has 11 heteroatoms. The number of sulfonamides is 1. The maximum atomic E-state index is 13.5. The van der Waals surface area contributed by atoms with Crippen LogP contribution in [0.1, 0.15) is 42.4 Å². The van der Waals surface area contributed by atoms with Gasteiger partial charge in [0.05, 0.1) is 31.4 Å². The van der Waals surface area contributed by atoms with E-state index in [1.165, 1.54) is 26.3 Å². The van der Waals surface area contributed by atoms with Crippen LogP contribution in [-0.2, 0) is 45.5 Å². The summed E-state index contributed by atoms with van der Waals surface area (Å²) in [6.45, 7) is 2.21. The number of likely N-dealkylation sites (N-methyl/N-ethyl adjacent to an activating group) is 1. The lowest BCUT2D eigenvalue weighted by Gasteiger charge is -2.25. The van der Waals surface area contributed by atoms with Crippen LogP contribution in [0.25, 0.3) is 0 Å². The molecule has 0 amide bonds. The highest BCUT2D eigenvalue weighted by Gasteiger charge is 2.34. The number of carbonyl (C=O) groups is 1. The predicted octanol–water partition coefficient (Wildman–Crippen LogP) is 3.83. The topological polar surface area (TPSA) is 111 Å². The van der Waals surface area contributed by atoms with Crippen molar-refractivity contribution in [3.05, 3.63) is 76.3 Å². The van der Waals surface area contributed by atoms with Crippen molar-refractivity contribution in [2.24, 2.45) is 0 Å². The van der Waals surface area contributed by atoms with E-state index in [0.29, 0.717) is 18.0 Å². The van der Waals surface area contributed by atoms with Gasteiger partial charge in [0.1, 0.15) is 17.6 Å². The molecule has 0 saturated carbocycles. The van der Waals surface area contributed by atoms with E-state index in [0.717, 1.165) is 40.5 Å². The molecule has 9 nitrogen and oxygen atoms in total. The summed E-state index contributed by atoms with van der Waals surface area (Å²) in [5.74, 6) is 0.777. The number of benzene rings is 2. The van der Waals surface area contributed by atoms with Crippen molar-refractivity contribution in [2.75, 3.05) is 21.3 Å². The van der Waals surface area contributed by atoms with Gasteiger partial charge in [-0.1, -0.05) is 49.2 Å². The van der Waals surface area contributed by atoms with Crippen LogP contribution in [0.5, 0.6) is 5.75 Å². The Kier molecular flexibility index (Phi) is 10.3. The van der Waals surface area contributed by atoms with Crippen molar-refractivity contribution in [1.82, 2.24) is 13.9 Å². The van der Waals surface area contributed by atoms with Gasteiger partial charge < -0.3 is 19.1 Å². The van der Waals surface area contributed by atoms with Crippen LogP contribution in [0.2, 0.25) is 5.15 Å². The Morgan fingerprint density at radius 3 is 2.29 bits per heavy atom. The summed E-state index contributed by atoms with van der Waals surface area (Å²) in [6.07, 6.45) is 2.77. The lowest BCUT2D eigenvalue weighted by Crippen LogP contribution is -2.44. The van der Waals surface area contributed by atoms with Crippen LogP contribution in [0.3, 0.4) is 0 Å². The number of halogens is 1. The van der Waals surface area contributed by atoms with Crippen LogP contribution >= 0.6 is 11.6 Å². The fourth-order valence-corrected chi connectivity index (χ4v) is 5.70. The predicted molar refractivity (Wildman–Crippen MR) is 145 cm³/mol. The van der Waals surface area contributed by atoms with Crippen molar-refractivity contribution in [3.63, 3.8) is 0 Å². The molecule has 1 N–H and O–H groups in total. The number of aliphatic hydroxyl groups is 1. The first-order valence-electron chi connectivity index (χ1n) is 12.3. The Balaban J connectivity index is 1.84. The number of aromatic nitrogens is 2. The van der Waals surface area contributed by atoms with Crippen LogP contribution in [0.4, 0.5) is 0 Å². The van der Waals surface area contributed by atoms with E-state index in [9.17, 15) is 18.3 Å². The van der Waals surface area contributed by atoms with Gasteiger partial charge in [-0.25, -0.2) is 13.4 Å². The highest BCUT2D eigenvalue weighted by atomic mass is 35.5. The van der Waals surface area contributed by atoms with E-state index >= 15 is 0 Å². The molecule has 0 aliphatic heterocycles. The first kappa shape index (κ1) is 29.6. The molecule has 0 saturated heterocycles. The molecule has 0 aliphatic rings. The number of unbranched alkanes of at least 4 members (excludes halogenated alkanes) is 1. The number of hydrogen-bond donors (Lipinski definition) is 1. The Hall–Kier alpha value is -2.92. The smallest absolute Gasteiger partial charge is 0.324 e. The molecular weight excluding hydrogens is 530 g/mol. The second kappa shape index (κ2) is 13.2. The highest BCUT2D eigenvalue weighted by molar-refractivity contribution is 7.89. The molecule has 2 aromatic carbocycles. The van der Waals surface area contributed by atoms with Crippen LogP contribution < -0.4 is 4.74 Å². The third-order valence-corrected chi connectivity index (χ3v) is 8.63. The SMILES string of the molecule is CCCCc1nc(Cl)c(CO)n1Cc1ccc(S(=O)(=O)N(C)[C@@H](Cc2ccc(OC)cc2)C(=O)OC)cc1. The van der Waals surface area contributed by atoms with E-state index in [1.807, 2.05) is 4.57 Å². The lowest BCUT2D eigenvalue weighted by molar-refractivity contribution is -0.144. The minimum atomic E-state index is -4.02. The standard InChI is InChI=1S/C27H34ClN3O6S/c1-5-6-7-25-29-26(28)24(18-32)31(25)17-20-10-14-22(15-11-20)38(34,35)30(2)23(27(33)37-4)16-19-8-12-21(36-3)13-9-19/h8-15,23,32H,5-7,16-18H2,1-4H3/t23-/m0/s1. The number of aliphatic hydroxyl groups excluding tert-OH is 1. The number of methoxy groups -OCH3 is 2. The van der Waals surface area contributed by atoms with E-state index in [-0.39, 0.29) is 23.1 Å². The van der Waals surface area contributed by atoms with Gasteiger partial charge in [0, 0.05) is 20.0 Å². The number of carbonyl (C=O) groups excluding carboxylic acids is 1. The molecule has 0 aliphatic carbocycles. The minimum Gasteiger partial charge on any atom is -0.497 e. The first-order valence-corrected chi connectivity index (χ1v) is 14.1. The Labute approximate surface area is 229 Å². The monoisotopic (exact) mass is 563 g/mol. The summed E-state index contributed by atoms with van der Waals surface area (Å²) >= 11 is 6.23. The van der Waals surface area contributed by atoms with Gasteiger partial charge in [-0.15, -0.1) is 0 Å². The number of ether oxygens (including phenoxy) is 2. The third-order valence-electron chi connectivity index (χ3n) is 6.45. The van der Waals surface area contributed by atoms with Gasteiger partial charge in [-0.2, -0.15) is 4.31 Å². The quantitative estimate of drug-likeness (QED) is 0.315. The summed E-state index contributed by atoms with van der Waals surface area (Å²) in [5, 5.41) is 10.1. The Morgan fingerprint density at radius 2 is 1.74 bits per heavy atom. The molecule has 0 unspecified atom stereocenters.